The number of benzene rings is 1. The van der Waals surface area contributed by atoms with Gasteiger partial charge in [-0.2, -0.15) is 5.10 Å². The summed E-state index contributed by atoms with van der Waals surface area (Å²) < 4.78 is 14.4. The van der Waals surface area contributed by atoms with Crippen molar-refractivity contribution in [2.45, 2.75) is 19.9 Å². The quantitative estimate of drug-likeness (QED) is 0.800. The number of hydrogen-bond acceptors (Lipinski definition) is 3. The monoisotopic (exact) mass is 325 g/mol. The molecule has 1 amide bonds. The van der Waals surface area contributed by atoms with Gasteiger partial charge in [0.25, 0.3) is 5.91 Å². The minimum Gasteiger partial charge on any atom is -0.396 e. The lowest BCUT2D eigenvalue weighted by Crippen LogP contribution is -2.25. The largest absolute Gasteiger partial charge is 0.396 e. The van der Waals surface area contributed by atoms with Crippen molar-refractivity contribution in [3.05, 3.63) is 52.1 Å². The first-order chi connectivity index (χ1) is 10.5. The lowest BCUT2D eigenvalue weighted by molar-refractivity contribution is 0.0950. The second kappa shape index (κ2) is 7.38. The van der Waals surface area contributed by atoms with Gasteiger partial charge in [0.2, 0.25) is 0 Å². The summed E-state index contributed by atoms with van der Waals surface area (Å²) in [6.07, 6.45) is 0.478. The van der Waals surface area contributed by atoms with Gasteiger partial charge >= 0.3 is 0 Å². The summed E-state index contributed by atoms with van der Waals surface area (Å²) in [6.45, 7) is 2.43. The highest BCUT2D eigenvalue weighted by Crippen LogP contribution is 2.21. The summed E-state index contributed by atoms with van der Waals surface area (Å²) in [4.78, 5) is 12.1. The molecule has 7 heteroatoms. The highest BCUT2D eigenvalue weighted by molar-refractivity contribution is 6.33. The van der Waals surface area contributed by atoms with Crippen molar-refractivity contribution in [3.63, 3.8) is 0 Å². The topological polar surface area (TPSA) is 67.2 Å². The van der Waals surface area contributed by atoms with Gasteiger partial charge in [-0.3, -0.25) is 4.79 Å². The van der Waals surface area contributed by atoms with Crippen molar-refractivity contribution in [2.75, 3.05) is 13.2 Å². The molecule has 0 unspecified atom stereocenters. The summed E-state index contributed by atoms with van der Waals surface area (Å²) >= 11 is 6.23. The molecule has 2 rings (SSSR count). The van der Waals surface area contributed by atoms with Crippen LogP contribution in [0.2, 0.25) is 5.15 Å². The van der Waals surface area contributed by atoms with Crippen molar-refractivity contribution >= 4 is 17.5 Å². The van der Waals surface area contributed by atoms with Crippen LogP contribution in [0, 0.1) is 12.7 Å². The maximum Gasteiger partial charge on any atom is 0.256 e. The van der Waals surface area contributed by atoms with Crippen LogP contribution in [-0.2, 0) is 6.54 Å². The van der Waals surface area contributed by atoms with Gasteiger partial charge in [0.05, 0.1) is 17.8 Å². The lowest BCUT2D eigenvalue weighted by atomic mass is 10.2. The second-order valence-electron chi connectivity index (χ2n) is 4.87. The third-order valence-electron chi connectivity index (χ3n) is 3.16. The maximum atomic E-state index is 12.9. The molecule has 0 aliphatic rings. The molecule has 0 spiro atoms. The Balaban J connectivity index is 2.15. The summed E-state index contributed by atoms with van der Waals surface area (Å²) in [5.74, 6) is -0.628. The average Bonchev–Trinajstić information content (AvgIpc) is 2.76. The molecule has 22 heavy (non-hydrogen) atoms. The van der Waals surface area contributed by atoms with Crippen LogP contribution in [0.5, 0.6) is 0 Å². The number of rotatable bonds is 6. The first kappa shape index (κ1) is 16.5. The Kier molecular flexibility index (Phi) is 5.51. The van der Waals surface area contributed by atoms with E-state index in [-0.39, 0.29) is 23.5 Å². The molecule has 118 valence electrons. The van der Waals surface area contributed by atoms with Crippen LogP contribution in [0.25, 0.3) is 0 Å². The van der Waals surface area contributed by atoms with E-state index in [2.05, 4.69) is 10.4 Å². The van der Waals surface area contributed by atoms with Gasteiger partial charge in [0, 0.05) is 13.2 Å². The number of amides is 1. The zero-order valence-corrected chi connectivity index (χ0v) is 12.9. The van der Waals surface area contributed by atoms with Crippen molar-refractivity contribution in [1.82, 2.24) is 15.1 Å². The average molecular weight is 326 g/mol. The Labute approximate surface area is 132 Å². The third-order valence-corrected chi connectivity index (χ3v) is 3.54. The van der Waals surface area contributed by atoms with Gasteiger partial charge in [-0.15, -0.1) is 0 Å². The van der Waals surface area contributed by atoms with E-state index in [1.165, 1.54) is 16.8 Å². The number of hydrogen-bond donors (Lipinski definition) is 2. The van der Waals surface area contributed by atoms with Crippen LogP contribution in [0.1, 0.15) is 28.0 Å². The number of aromatic nitrogens is 2. The number of carbonyl (C=O) groups is 1. The Morgan fingerprint density at radius 1 is 1.41 bits per heavy atom. The molecule has 0 atom stereocenters. The number of halogens is 2. The normalized spacial score (nSPS) is 10.7. The molecule has 1 aromatic heterocycles. The van der Waals surface area contributed by atoms with Crippen LogP contribution in [0.3, 0.4) is 0 Å². The fraction of sp³-hybridized carbons (Fsp3) is 0.333. The number of nitrogens with zero attached hydrogens (tertiary/aromatic N) is 2. The van der Waals surface area contributed by atoms with E-state index in [9.17, 15) is 9.18 Å². The zero-order chi connectivity index (χ0) is 16.1. The standard InChI is InChI=1S/C15H17ClFN3O2/c1-10-13(15(22)18-7-2-8-21)14(16)20(19-10)9-11-3-5-12(17)6-4-11/h3-6,21H,2,7-9H2,1H3,(H,18,22). The molecule has 5 nitrogen and oxygen atoms in total. The molecule has 0 saturated heterocycles. The second-order valence-corrected chi connectivity index (χ2v) is 5.23. The summed E-state index contributed by atoms with van der Waals surface area (Å²) in [6, 6.07) is 6.01. The molecule has 0 aliphatic heterocycles. The van der Waals surface area contributed by atoms with E-state index in [0.29, 0.717) is 30.8 Å². The number of aliphatic hydroxyl groups is 1. The smallest absolute Gasteiger partial charge is 0.256 e. The lowest BCUT2D eigenvalue weighted by Gasteiger charge is -2.05. The van der Waals surface area contributed by atoms with Gasteiger partial charge in [-0.05, 0) is 31.0 Å². The Bertz CT molecular complexity index is 656. The van der Waals surface area contributed by atoms with Crippen LogP contribution in [0.15, 0.2) is 24.3 Å². The highest BCUT2D eigenvalue weighted by atomic mass is 35.5. The van der Waals surface area contributed by atoms with Gasteiger partial charge in [-0.1, -0.05) is 23.7 Å². The number of aryl methyl sites for hydroxylation is 1. The van der Waals surface area contributed by atoms with Crippen molar-refractivity contribution in [3.8, 4) is 0 Å². The minimum atomic E-state index is -0.318. The van der Waals surface area contributed by atoms with E-state index in [0.717, 1.165) is 5.56 Å². The molecule has 1 heterocycles. The summed E-state index contributed by atoms with van der Waals surface area (Å²) in [5, 5.41) is 15.9. The molecule has 0 fully saturated rings. The van der Waals surface area contributed by atoms with Crippen molar-refractivity contribution < 1.29 is 14.3 Å². The Hall–Kier alpha value is -1.92. The summed E-state index contributed by atoms with van der Waals surface area (Å²) in [5.41, 5.74) is 1.67. The first-order valence-electron chi connectivity index (χ1n) is 6.89. The van der Waals surface area contributed by atoms with E-state index >= 15 is 0 Å². The third kappa shape index (κ3) is 3.84. The van der Waals surface area contributed by atoms with Gasteiger partial charge < -0.3 is 10.4 Å². The fourth-order valence-electron chi connectivity index (χ4n) is 2.05. The molecule has 0 aliphatic carbocycles. The first-order valence-corrected chi connectivity index (χ1v) is 7.27. The van der Waals surface area contributed by atoms with E-state index in [1.807, 2.05) is 0 Å². The van der Waals surface area contributed by atoms with E-state index in [4.69, 9.17) is 16.7 Å². The predicted octanol–water partition coefficient (Wildman–Crippen LogP) is 2.14. The minimum absolute atomic E-state index is 0.0107. The number of carbonyl (C=O) groups excluding carboxylic acids is 1. The Morgan fingerprint density at radius 2 is 2.09 bits per heavy atom. The van der Waals surface area contributed by atoms with Crippen LogP contribution >= 0.6 is 11.6 Å². The van der Waals surface area contributed by atoms with Gasteiger partial charge in [0.15, 0.2) is 0 Å². The number of aliphatic hydroxyl groups excluding tert-OH is 1. The van der Waals surface area contributed by atoms with Gasteiger partial charge in [-0.25, -0.2) is 9.07 Å². The number of nitrogens with one attached hydrogen (secondary N) is 1. The molecular weight excluding hydrogens is 309 g/mol. The van der Waals surface area contributed by atoms with Gasteiger partial charge in [0.1, 0.15) is 11.0 Å². The molecule has 1 aromatic carbocycles. The van der Waals surface area contributed by atoms with E-state index in [1.54, 1.807) is 19.1 Å². The Morgan fingerprint density at radius 3 is 2.73 bits per heavy atom. The van der Waals surface area contributed by atoms with Crippen LogP contribution in [-0.4, -0.2) is 33.9 Å². The molecule has 0 bridgehead atoms. The fourth-order valence-corrected chi connectivity index (χ4v) is 2.37. The van der Waals surface area contributed by atoms with Crippen LogP contribution in [0.4, 0.5) is 4.39 Å². The molecule has 0 saturated carbocycles. The summed E-state index contributed by atoms with van der Waals surface area (Å²) in [7, 11) is 0. The maximum absolute atomic E-state index is 12.9. The SMILES string of the molecule is Cc1nn(Cc2ccc(F)cc2)c(Cl)c1C(=O)NCCCO. The zero-order valence-electron chi connectivity index (χ0n) is 12.1. The van der Waals surface area contributed by atoms with E-state index < -0.39 is 0 Å². The van der Waals surface area contributed by atoms with Crippen molar-refractivity contribution in [2.24, 2.45) is 0 Å². The molecule has 0 radical (unpaired) electrons. The molecular formula is C15H17ClFN3O2. The molecule has 2 aromatic rings. The molecule has 2 N–H and O–H groups in total. The van der Waals surface area contributed by atoms with Crippen molar-refractivity contribution in [1.29, 1.82) is 0 Å². The predicted molar refractivity (Wildman–Crippen MR) is 81.5 cm³/mol. The highest BCUT2D eigenvalue weighted by Gasteiger charge is 2.20. The van der Waals surface area contributed by atoms with Crippen LogP contribution < -0.4 is 5.32 Å².